The summed E-state index contributed by atoms with van der Waals surface area (Å²) in [5.41, 5.74) is 1.37. The molecule has 5 rings (SSSR count). The average Bonchev–Trinajstić information content (AvgIpc) is 3.46. The summed E-state index contributed by atoms with van der Waals surface area (Å²) in [5.74, 6) is 1.77. The van der Waals surface area contributed by atoms with Crippen molar-refractivity contribution in [1.82, 2.24) is 28.8 Å². The van der Waals surface area contributed by atoms with Gasteiger partial charge in [0.25, 0.3) is 5.91 Å². The van der Waals surface area contributed by atoms with Crippen molar-refractivity contribution in [2.45, 2.75) is 26.4 Å². The van der Waals surface area contributed by atoms with Gasteiger partial charge in [0.2, 0.25) is 0 Å². The molecule has 1 atom stereocenters. The van der Waals surface area contributed by atoms with Crippen molar-refractivity contribution in [3.8, 4) is 10.8 Å². The highest BCUT2D eigenvalue weighted by Crippen LogP contribution is 2.39. The summed E-state index contributed by atoms with van der Waals surface area (Å²) < 4.78 is 11.4. The van der Waals surface area contributed by atoms with Gasteiger partial charge in [-0.05, 0) is 37.5 Å². The third kappa shape index (κ3) is 2.93. The third-order valence-electron chi connectivity index (χ3n) is 5.34. The lowest BCUT2D eigenvalue weighted by Crippen LogP contribution is -2.42. The van der Waals surface area contributed by atoms with E-state index in [1.54, 1.807) is 29.4 Å². The largest absolute Gasteiger partial charge is 0.447 e. The Balaban J connectivity index is 1.60. The molecule has 30 heavy (non-hydrogen) atoms. The molecule has 1 fully saturated rings. The zero-order valence-electron chi connectivity index (χ0n) is 16.5. The third-order valence-corrected chi connectivity index (χ3v) is 6.14. The molecule has 0 spiro atoms. The number of hydrogen-bond acceptors (Lipinski definition) is 8. The highest BCUT2D eigenvalue weighted by molar-refractivity contribution is 7.09. The second kappa shape index (κ2) is 7.17. The van der Waals surface area contributed by atoms with Gasteiger partial charge in [0.1, 0.15) is 12.4 Å². The molecule has 11 heteroatoms. The molecule has 2 aliphatic heterocycles. The monoisotopic (exact) mass is 425 g/mol. The molecule has 1 saturated heterocycles. The van der Waals surface area contributed by atoms with Gasteiger partial charge in [0.15, 0.2) is 16.6 Å². The first-order chi connectivity index (χ1) is 14.5. The number of aromatic nitrogens is 5. The molecule has 10 nitrogen and oxygen atoms in total. The Bertz CT molecular complexity index is 1130. The van der Waals surface area contributed by atoms with Gasteiger partial charge in [-0.15, -0.1) is 0 Å². The lowest BCUT2D eigenvalue weighted by Gasteiger charge is -2.35. The number of carbonyl (C=O) groups is 2. The summed E-state index contributed by atoms with van der Waals surface area (Å²) in [5, 5.41) is 0.689. The number of fused-ring (bicyclic) bond motifs is 1. The van der Waals surface area contributed by atoms with E-state index in [0.717, 1.165) is 5.69 Å². The maximum atomic E-state index is 13.1. The van der Waals surface area contributed by atoms with Crippen molar-refractivity contribution in [3.63, 3.8) is 0 Å². The van der Waals surface area contributed by atoms with E-state index in [1.807, 2.05) is 18.4 Å². The number of rotatable bonds is 3. The van der Waals surface area contributed by atoms with E-state index in [9.17, 15) is 9.59 Å². The number of amides is 2. The fraction of sp³-hybridized carbons (Fsp3) is 0.368. The average molecular weight is 425 g/mol. The quantitative estimate of drug-likeness (QED) is 0.634. The molecule has 0 saturated carbocycles. The molecule has 2 aliphatic rings. The van der Waals surface area contributed by atoms with Gasteiger partial charge in [-0.25, -0.2) is 14.8 Å². The van der Waals surface area contributed by atoms with Crippen LogP contribution in [0.2, 0.25) is 0 Å². The van der Waals surface area contributed by atoms with E-state index in [1.165, 1.54) is 16.4 Å². The molecule has 1 unspecified atom stereocenters. The number of ether oxygens (including phenoxy) is 1. The van der Waals surface area contributed by atoms with Crippen molar-refractivity contribution in [3.05, 3.63) is 41.6 Å². The number of pyridine rings is 1. The van der Waals surface area contributed by atoms with E-state index in [0.29, 0.717) is 54.3 Å². The van der Waals surface area contributed by atoms with Gasteiger partial charge in [0, 0.05) is 31.0 Å². The van der Waals surface area contributed by atoms with E-state index < -0.39 is 6.09 Å². The molecular formula is C19H19N7O3S. The number of carbonyl (C=O) groups excluding carboxylic acids is 2. The molecule has 3 aromatic rings. The SMILES string of the molecule is Cc1nsc(-c2nc(N3CCOC3=O)c3n2CCN(C(=O)c2ccncc2)C3C)n1. The van der Waals surface area contributed by atoms with Crippen molar-refractivity contribution in [2.24, 2.45) is 0 Å². The zero-order chi connectivity index (χ0) is 20.8. The van der Waals surface area contributed by atoms with Crippen molar-refractivity contribution >= 4 is 29.4 Å². The zero-order valence-corrected chi connectivity index (χ0v) is 17.3. The molecule has 0 bridgehead atoms. The number of imidazole rings is 1. The van der Waals surface area contributed by atoms with Gasteiger partial charge in [0.05, 0.1) is 18.3 Å². The minimum Gasteiger partial charge on any atom is -0.447 e. The molecule has 3 aromatic heterocycles. The second-order valence-electron chi connectivity index (χ2n) is 7.12. The van der Waals surface area contributed by atoms with Gasteiger partial charge in [-0.3, -0.25) is 14.7 Å². The van der Waals surface area contributed by atoms with Gasteiger partial charge < -0.3 is 14.2 Å². The van der Waals surface area contributed by atoms with Crippen molar-refractivity contribution in [1.29, 1.82) is 0 Å². The lowest BCUT2D eigenvalue weighted by molar-refractivity contribution is 0.0645. The van der Waals surface area contributed by atoms with Crippen molar-refractivity contribution in [2.75, 3.05) is 24.6 Å². The van der Waals surface area contributed by atoms with Crippen LogP contribution in [0.3, 0.4) is 0 Å². The van der Waals surface area contributed by atoms with E-state index in [-0.39, 0.29) is 11.9 Å². The minimum absolute atomic E-state index is 0.0828. The van der Waals surface area contributed by atoms with Gasteiger partial charge >= 0.3 is 6.09 Å². The predicted molar refractivity (Wildman–Crippen MR) is 108 cm³/mol. The maximum Gasteiger partial charge on any atom is 0.415 e. The van der Waals surface area contributed by atoms with E-state index in [4.69, 9.17) is 9.72 Å². The first-order valence-electron chi connectivity index (χ1n) is 9.61. The maximum absolute atomic E-state index is 13.1. The first kappa shape index (κ1) is 18.7. The smallest absolute Gasteiger partial charge is 0.415 e. The minimum atomic E-state index is -0.430. The topological polar surface area (TPSA) is 106 Å². The van der Waals surface area contributed by atoms with Crippen molar-refractivity contribution < 1.29 is 14.3 Å². The summed E-state index contributed by atoms with van der Waals surface area (Å²) in [6, 6.07) is 3.11. The van der Waals surface area contributed by atoms with Gasteiger partial charge in [-0.1, -0.05) is 0 Å². The van der Waals surface area contributed by atoms with Crippen LogP contribution in [0.5, 0.6) is 0 Å². The van der Waals surface area contributed by atoms with E-state index >= 15 is 0 Å². The molecule has 0 aromatic carbocycles. The number of cyclic esters (lactones) is 1. The molecule has 5 heterocycles. The lowest BCUT2D eigenvalue weighted by atomic mass is 10.1. The number of hydrogen-bond donors (Lipinski definition) is 0. The van der Waals surface area contributed by atoms with Crippen LogP contribution in [-0.2, 0) is 11.3 Å². The molecule has 154 valence electrons. The van der Waals surface area contributed by atoms with Crippen LogP contribution in [0.15, 0.2) is 24.5 Å². The fourth-order valence-electron chi connectivity index (χ4n) is 3.91. The molecule has 0 aliphatic carbocycles. The predicted octanol–water partition coefficient (Wildman–Crippen LogP) is 2.28. The highest BCUT2D eigenvalue weighted by Gasteiger charge is 2.38. The van der Waals surface area contributed by atoms with Crippen LogP contribution in [0.4, 0.5) is 10.6 Å². The van der Waals surface area contributed by atoms with E-state index in [2.05, 4.69) is 14.3 Å². The Kier molecular flexibility index (Phi) is 4.46. The molecule has 2 amide bonds. The van der Waals surface area contributed by atoms with Crippen LogP contribution >= 0.6 is 11.5 Å². The summed E-state index contributed by atoms with van der Waals surface area (Å²) in [6.45, 7) is 5.57. The summed E-state index contributed by atoms with van der Waals surface area (Å²) in [4.78, 5) is 42.0. The Labute approximate surface area is 176 Å². The first-order valence-corrected chi connectivity index (χ1v) is 10.4. The fourth-order valence-corrected chi connectivity index (χ4v) is 4.58. The summed E-state index contributed by atoms with van der Waals surface area (Å²) in [7, 11) is 0. The van der Waals surface area contributed by atoms with Crippen LogP contribution in [0.25, 0.3) is 10.8 Å². The Morgan fingerprint density at radius 1 is 1.20 bits per heavy atom. The normalized spacial score (nSPS) is 18.5. The van der Waals surface area contributed by atoms with Crippen LogP contribution in [0, 0.1) is 6.92 Å². The second-order valence-corrected chi connectivity index (χ2v) is 7.87. The Morgan fingerprint density at radius 3 is 2.67 bits per heavy atom. The number of nitrogens with zero attached hydrogens (tertiary/aromatic N) is 7. The highest BCUT2D eigenvalue weighted by atomic mass is 32.1. The summed E-state index contributed by atoms with van der Waals surface area (Å²) >= 11 is 1.27. The molecule has 0 radical (unpaired) electrons. The Morgan fingerprint density at radius 2 is 2.00 bits per heavy atom. The van der Waals surface area contributed by atoms with Crippen LogP contribution in [-0.4, -0.2) is 60.5 Å². The molecular weight excluding hydrogens is 406 g/mol. The van der Waals surface area contributed by atoms with Gasteiger partial charge in [-0.2, -0.15) is 4.37 Å². The van der Waals surface area contributed by atoms with Crippen LogP contribution in [0.1, 0.15) is 34.8 Å². The van der Waals surface area contributed by atoms with Crippen LogP contribution < -0.4 is 4.90 Å². The summed E-state index contributed by atoms with van der Waals surface area (Å²) in [6.07, 6.45) is 2.78. The standard InChI is InChI=1S/C19H19N7O3S/c1-11-14-15(26-9-10-29-19(26)28)22-16(17-21-12(2)23-30-17)25(14)8-7-24(11)18(27)13-3-5-20-6-4-13/h3-6,11H,7-10H2,1-2H3. The Hall–Kier alpha value is -3.34. The number of aryl methyl sites for hydroxylation is 1. The molecule has 0 N–H and O–H groups in total. The number of anilines is 1.